The number of amides is 1. The third-order valence-electron chi connectivity index (χ3n) is 2.91. The Kier molecular flexibility index (Phi) is 3.93. The maximum absolute atomic E-state index is 12.1. The first-order valence-corrected chi connectivity index (χ1v) is 6.92. The highest BCUT2D eigenvalue weighted by Crippen LogP contribution is 2.21. The van der Waals surface area contributed by atoms with Crippen molar-refractivity contribution < 1.29 is 4.79 Å². The Hall–Kier alpha value is -1.17. The van der Waals surface area contributed by atoms with E-state index in [0.717, 1.165) is 25.3 Å². The molecule has 1 atom stereocenters. The Labute approximate surface area is 105 Å². The summed E-state index contributed by atoms with van der Waals surface area (Å²) in [7, 11) is 0. The molecule has 1 unspecified atom stereocenters. The number of aromatic nitrogens is 2. The molecule has 6 heteroatoms. The van der Waals surface area contributed by atoms with Crippen molar-refractivity contribution in [1.29, 1.82) is 0 Å². The first kappa shape index (κ1) is 12.3. The minimum atomic E-state index is 0.131. The zero-order chi connectivity index (χ0) is 12.3. The SMILES string of the molecule is CCC1CN(C(=O)Cn2ccc(N)n2)CCS1. The molecule has 1 aromatic heterocycles. The van der Waals surface area contributed by atoms with Crippen LogP contribution in [0.5, 0.6) is 0 Å². The molecular weight excluding hydrogens is 236 g/mol. The van der Waals surface area contributed by atoms with Crippen molar-refractivity contribution >= 4 is 23.5 Å². The molecule has 0 bridgehead atoms. The van der Waals surface area contributed by atoms with E-state index in [9.17, 15) is 4.79 Å². The Balaban J connectivity index is 1.91. The maximum atomic E-state index is 12.1. The van der Waals surface area contributed by atoms with Crippen LogP contribution in [0.3, 0.4) is 0 Å². The lowest BCUT2D eigenvalue weighted by atomic mass is 10.3. The van der Waals surface area contributed by atoms with Crippen LogP contribution in [0.15, 0.2) is 12.3 Å². The van der Waals surface area contributed by atoms with Gasteiger partial charge in [-0.15, -0.1) is 0 Å². The van der Waals surface area contributed by atoms with Crippen molar-refractivity contribution in [3.63, 3.8) is 0 Å². The summed E-state index contributed by atoms with van der Waals surface area (Å²) in [5.41, 5.74) is 5.52. The van der Waals surface area contributed by atoms with Crippen molar-refractivity contribution in [1.82, 2.24) is 14.7 Å². The minimum absolute atomic E-state index is 0.131. The van der Waals surface area contributed by atoms with Gasteiger partial charge in [0.1, 0.15) is 12.4 Å². The lowest BCUT2D eigenvalue weighted by molar-refractivity contribution is -0.131. The van der Waals surface area contributed by atoms with E-state index < -0.39 is 0 Å². The molecule has 1 aromatic rings. The predicted molar refractivity (Wildman–Crippen MR) is 69.8 cm³/mol. The van der Waals surface area contributed by atoms with Crippen LogP contribution in [-0.2, 0) is 11.3 Å². The van der Waals surface area contributed by atoms with Gasteiger partial charge in [0.2, 0.25) is 5.91 Å². The fourth-order valence-electron chi connectivity index (χ4n) is 1.90. The lowest BCUT2D eigenvalue weighted by Crippen LogP contribution is -2.43. The van der Waals surface area contributed by atoms with Crippen molar-refractivity contribution in [2.45, 2.75) is 25.1 Å². The van der Waals surface area contributed by atoms with Gasteiger partial charge in [-0.2, -0.15) is 16.9 Å². The van der Waals surface area contributed by atoms with E-state index in [1.165, 1.54) is 0 Å². The van der Waals surface area contributed by atoms with E-state index in [1.807, 2.05) is 16.7 Å². The summed E-state index contributed by atoms with van der Waals surface area (Å²) in [5.74, 6) is 1.62. The molecule has 2 rings (SSSR count). The maximum Gasteiger partial charge on any atom is 0.244 e. The summed E-state index contributed by atoms with van der Waals surface area (Å²) in [6.45, 7) is 4.16. The Morgan fingerprint density at radius 3 is 3.18 bits per heavy atom. The zero-order valence-electron chi connectivity index (χ0n) is 10.0. The number of hydrogen-bond donors (Lipinski definition) is 1. The number of hydrogen-bond acceptors (Lipinski definition) is 4. The van der Waals surface area contributed by atoms with Gasteiger partial charge in [0.25, 0.3) is 0 Å². The number of thioether (sulfide) groups is 1. The summed E-state index contributed by atoms with van der Waals surface area (Å²) < 4.78 is 1.60. The van der Waals surface area contributed by atoms with Crippen LogP contribution in [-0.4, -0.2) is 44.7 Å². The van der Waals surface area contributed by atoms with Crippen molar-refractivity contribution in [2.75, 3.05) is 24.6 Å². The molecule has 17 heavy (non-hydrogen) atoms. The molecule has 94 valence electrons. The van der Waals surface area contributed by atoms with E-state index >= 15 is 0 Å². The summed E-state index contributed by atoms with van der Waals surface area (Å²) in [5, 5.41) is 4.61. The fourth-order valence-corrected chi connectivity index (χ4v) is 3.08. The summed E-state index contributed by atoms with van der Waals surface area (Å²) in [6, 6.07) is 1.70. The van der Waals surface area contributed by atoms with Gasteiger partial charge in [0.05, 0.1) is 0 Å². The highest BCUT2D eigenvalue weighted by atomic mass is 32.2. The molecular formula is C11H18N4OS. The van der Waals surface area contributed by atoms with Gasteiger partial charge in [-0.25, -0.2) is 0 Å². The topological polar surface area (TPSA) is 64.2 Å². The van der Waals surface area contributed by atoms with Crippen LogP contribution in [0.25, 0.3) is 0 Å². The van der Waals surface area contributed by atoms with E-state index in [-0.39, 0.29) is 12.5 Å². The molecule has 1 saturated heterocycles. The van der Waals surface area contributed by atoms with E-state index in [2.05, 4.69) is 12.0 Å². The normalized spacial score (nSPS) is 20.5. The van der Waals surface area contributed by atoms with E-state index in [1.54, 1.807) is 16.9 Å². The molecule has 1 fully saturated rings. The van der Waals surface area contributed by atoms with Crippen LogP contribution in [0.2, 0.25) is 0 Å². The van der Waals surface area contributed by atoms with E-state index in [4.69, 9.17) is 5.73 Å². The third kappa shape index (κ3) is 3.15. The summed E-state index contributed by atoms with van der Waals surface area (Å²) >= 11 is 1.96. The second-order valence-electron chi connectivity index (χ2n) is 4.18. The molecule has 0 aliphatic carbocycles. The van der Waals surface area contributed by atoms with Gasteiger partial charge in [-0.3, -0.25) is 9.48 Å². The highest BCUT2D eigenvalue weighted by molar-refractivity contribution is 8.00. The molecule has 0 spiro atoms. The number of nitrogens with two attached hydrogens (primary N) is 1. The molecule has 2 N–H and O–H groups in total. The second kappa shape index (κ2) is 5.44. The first-order chi connectivity index (χ1) is 8.19. The van der Waals surface area contributed by atoms with Gasteiger partial charge in [-0.1, -0.05) is 6.92 Å². The van der Waals surface area contributed by atoms with Crippen LogP contribution in [0.4, 0.5) is 5.82 Å². The van der Waals surface area contributed by atoms with E-state index in [0.29, 0.717) is 11.1 Å². The number of rotatable bonds is 3. The molecule has 1 amide bonds. The Bertz CT molecular complexity index is 393. The fraction of sp³-hybridized carbons (Fsp3) is 0.636. The number of nitrogen functional groups attached to an aromatic ring is 1. The number of nitrogens with zero attached hydrogens (tertiary/aromatic N) is 3. The Morgan fingerprint density at radius 2 is 2.53 bits per heavy atom. The standard InChI is InChI=1S/C11H18N4OS/c1-2-9-7-14(5-6-17-9)11(16)8-15-4-3-10(12)13-15/h3-4,9H,2,5-8H2,1H3,(H2,12,13). The monoisotopic (exact) mass is 254 g/mol. The average molecular weight is 254 g/mol. The Morgan fingerprint density at radius 1 is 1.71 bits per heavy atom. The average Bonchev–Trinajstić information content (AvgIpc) is 2.75. The number of carbonyl (C=O) groups excluding carboxylic acids is 1. The molecule has 1 aliphatic rings. The zero-order valence-corrected chi connectivity index (χ0v) is 10.8. The van der Waals surface area contributed by atoms with Gasteiger partial charge >= 0.3 is 0 Å². The van der Waals surface area contributed by atoms with Crippen LogP contribution in [0.1, 0.15) is 13.3 Å². The summed E-state index contributed by atoms with van der Waals surface area (Å²) in [6.07, 6.45) is 2.85. The first-order valence-electron chi connectivity index (χ1n) is 5.87. The smallest absolute Gasteiger partial charge is 0.244 e. The van der Waals surface area contributed by atoms with Crippen LogP contribution in [0, 0.1) is 0 Å². The molecule has 0 radical (unpaired) electrons. The largest absolute Gasteiger partial charge is 0.382 e. The molecule has 2 heterocycles. The van der Waals surface area contributed by atoms with Gasteiger partial charge < -0.3 is 10.6 Å². The van der Waals surface area contributed by atoms with Crippen molar-refractivity contribution in [2.24, 2.45) is 0 Å². The van der Waals surface area contributed by atoms with Gasteiger partial charge in [0, 0.05) is 30.3 Å². The molecule has 5 nitrogen and oxygen atoms in total. The van der Waals surface area contributed by atoms with Gasteiger partial charge in [-0.05, 0) is 12.5 Å². The molecule has 0 aromatic carbocycles. The molecule has 1 aliphatic heterocycles. The summed E-state index contributed by atoms with van der Waals surface area (Å²) in [4.78, 5) is 14.0. The highest BCUT2D eigenvalue weighted by Gasteiger charge is 2.22. The van der Waals surface area contributed by atoms with Crippen LogP contribution < -0.4 is 5.73 Å². The van der Waals surface area contributed by atoms with Gasteiger partial charge in [0.15, 0.2) is 0 Å². The third-order valence-corrected chi connectivity index (χ3v) is 4.28. The predicted octanol–water partition coefficient (Wildman–Crippen LogP) is 0.819. The lowest BCUT2D eigenvalue weighted by Gasteiger charge is -2.31. The van der Waals surface area contributed by atoms with Crippen molar-refractivity contribution in [3.05, 3.63) is 12.3 Å². The number of anilines is 1. The quantitative estimate of drug-likeness (QED) is 0.867. The molecule has 0 saturated carbocycles. The van der Waals surface area contributed by atoms with Crippen molar-refractivity contribution in [3.8, 4) is 0 Å². The second-order valence-corrected chi connectivity index (χ2v) is 5.59. The van der Waals surface area contributed by atoms with Crippen LogP contribution >= 0.6 is 11.8 Å². The minimum Gasteiger partial charge on any atom is -0.382 e. The number of carbonyl (C=O) groups is 1.